The van der Waals surface area contributed by atoms with Crippen LogP contribution in [-0.2, 0) is 4.79 Å². The quantitative estimate of drug-likeness (QED) is 0.739. The second kappa shape index (κ2) is 6.12. The average Bonchev–Trinajstić information content (AvgIpc) is 2.97. The lowest BCUT2D eigenvalue weighted by Crippen LogP contribution is -2.38. The highest BCUT2D eigenvalue weighted by atomic mass is 16.5. The first-order valence-electron chi connectivity index (χ1n) is 7.41. The van der Waals surface area contributed by atoms with Crippen molar-refractivity contribution in [3.8, 4) is 5.75 Å². The summed E-state index contributed by atoms with van der Waals surface area (Å²) >= 11 is 0. The van der Waals surface area contributed by atoms with E-state index in [-0.39, 0.29) is 11.9 Å². The Hall–Kier alpha value is -2.82. The number of nitrogens with zero attached hydrogens (tertiary/aromatic N) is 2. The number of benzene rings is 2. The van der Waals surface area contributed by atoms with E-state index in [0.29, 0.717) is 11.3 Å². The number of rotatable bonds is 4. The summed E-state index contributed by atoms with van der Waals surface area (Å²) in [6.45, 7) is 3.69. The van der Waals surface area contributed by atoms with Crippen molar-refractivity contribution in [1.82, 2.24) is 4.98 Å². The third-order valence-corrected chi connectivity index (χ3v) is 3.55. The number of amides is 1. The number of hydrogen-bond donors (Lipinski definition) is 0. The monoisotopic (exact) mass is 310 g/mol. The van der Waals surface area contributed by atoms with Crippen LogP contribution in [0.2, 0.25) is 0 Å². The highest BCUT2D eigenvalue weighted by molar-refractivity contribution is 5.95. The van der Waals surface area contributed by atoms with Crippen molar-refractivity contribution in [2.75, 3.05) is 11.9 Å². The van der Waals surface area contributed by atoms with Crippen molar-refractivity contribution in [2.24, 2.45) is 0 Å². The molecule has 1 atom stereocenters. The van der Waals surface area contributed by atoms with Crippen molar-refractivity contribution in [2.45, 2.75) is 20.0 Å². The zero-order valence-corrected chi connectivity index (χ0v) is 13.3. The van der Waals surface area contributed by atoms with Crippen molar-refractivity contribution in [1.29, 1.82) is 0 Å². The van der Waals surface area contributed by atoms with E-state index in [0.717, 1.165) is 11.1 Å². The van der Waals surface area contributed by atoms with Crippen LogP contribution in [0.4, 0.5) is 6.01 Å². The van der Waals surface area contributed by atoms with Crippen LogP contribution < -0.4 is 9.64 Å². The van der Waals surface area contributed by atoms with Gasteiger partial charge in [-0.2, -0.15) is 4.98 Å². The largest absolute Gasteiger partial charge is 0.481 e. The molecule has 2 aromatic carbocycles. The van der Waals surface area contributed by atoms with Crippen LogP contribution in [0.25, 0.3) is 11.1 Å². The van der Waals surface area contributed by atoms with Gasteiger partial charge >= 0.3 is 6.01 Å². The number of ether oxygens (including phenoxy) is 1. The predicted molar refractivity (Wildman–Crippen MR) is 88.7 cm³/mol. The highest BCUT2D eigenvalue weighted by Gasteiger charge is 2.24. The molecule has 0 aliphatic carbocycles. The smallest absolute Gasteiger partial charge is 0.305 e. The fourth-order valence-corrected chi connectivity index (χ4v) is 2.31. The molecule has 5 nitrogen and oxygen atoms in total. The molecule has 1 aromatic heterocycles. The van der Waals surface area contributed by atoms with Gasteiger partial charge in [-0.15, -0.1) is 0 Å². The molecular formula is C18H18N2O3. The van der Waals surface area contributed by atoms with E-state index >= 15 is 0 Å². The van der Waals surface area contributed by atoms with E-state index in [1.165, 1.54) is 4.90 Å². The number of oxazole rings is 1. The second-order valence-electron chi connectivity index (χ2n) is 5.44. The zero-order valence-electron chi connectivity index (χ0n) is 13.3. The van der Waals surface area contributed by atoms with Gasteiger partial charge in [-0.25, -0.2) is 0 Å². The normalized spacial score (nSPS) is 12.1. The van der Waals surface area contributed by atoms with Gasteiger partial charge in [-0.1, -0.05) is 24.3 Å². The Labute approximate surface area is 134 Å². The predicted octanol–water partition coefficient (Wildman–Crippen LogP) is 3.57. The molecule has 0 bridgehead atoms. The molecule has 3 aromatic rings. The average molecular weight is 310 g/mol. The number of anilines is 1. The summed E-state index contributed by atoms with van der Waals surface area (Å²) in [5.74, 6) is 0.440. The molecule has 0 fully saturated rings. The van der Waals surface area contributed by atoms with Gasteiger partial charge in [-0.05, 0) is 43.7 Å². The minimum atomic E-state index is -0.642. The van der Waals surface area contributed by atoms with Gasteiger partial charge in [0, 0.05) is 7.05 Å². The zero-order chi connectivity index (χ0) is 16.4. The third kappa shape index (κ3) is 3.18. The van der Waals surface area contributed by atoms with Gasteiger partial charge in [0.05, 0.1) is 0 Å². The van der Waals surface area contributed by atoms with E-state index in [9.17, 15) is 4.79 Å². The molecule has 23 heavy (non-hydrogen) atoms. The maximum atomic E-state index is 12.5. The summed E-state index contributed by atoms with van der Waals surface area (Å²) in [5, 5.41) is 0. The number of carbonyl (C=O) groups excluding carboxylic acids is 1. The third-order valence-electron chi connectivity index (χ3n) is 3.55. The molecule has 1 unspecified atom stereocenters. The maximum absolute atomic E-state index is 12.5. The van der Waals surface area contributed by atoms with Gasteiger partial charge < -0.3 is 9.15 Å². The molecule has 0 N–H and O–H groups in total. The number of likely N-dealkylation sites (N-methyl/N-ethyl adjacent to an activating group) is 1. The van der Waals surface area contributed by atoms with Gasteiger partial charge in [0.1, 0.15) is 11.3 Å². The van der Waals surface area contributed by atoms with Crippen LogP contribution in [0.5, 0.6) is 5.75 Å². The second-order valence-corrected chi connectivity index (χ2v) is 5.44. The fraction of sp³-hybridized carbons (Fsp3) is 0.222. The number of aryl methyl sites for hydroxylation is 1. The van der Waals surface area contributed by atoms with Gasteiger partial charge in [-0.3, -0.25) is 9.69 Å². The summed E-state index contributed by atoms with van der Waals surface area (Å²) in [4.78, 5) is 18.2. The minimum Gasteiger partial charge on any atom is -0.481 e. The lowest BCUT2D eigenvalue weighted by Gasteiger charge is -2.19. The first-order chi connectivity index (χ1) is 11.0. The minimum absolute atomic E-state index is 0.224. The molecule has 3 rings (SSSR count). The van der Waals surface area contributed by atoms with Gasteiger partial charge in [0.2, 0.25) is 0 Å². The van der Waals surface area contributed by atoms with Crippen LogP contribution in [0.1, 0.15) is 12.5 Å². The van der Waals surface area contributed by atoms with Crippen molar-refractivity contribution >= 4 is 23.0 Å². The lowest BCUT2D eigenvalue weighted by molar-refractivity contribution is -0.124. The van der Waals surface area contributed by atoms with Gasteiger partial charge in [0.15, 0.2) is 11.7 Å². The SMILES string of the molecule is Cc1cccc(OC(C)C(=O)N(C)c2nc3ccccc3o2)c1. The summed E-state index contributed by atoms with van der Waals surface area (Å²) in [6.07, 6.45) is -0.642. The number of aromatic nitrogens is 1. The molecule has 1 heterocycles. The molecule has 0 saturated carbocycles. The summed E-state index contributed by atoms with van der Waals surface area (Å²) in [7, 11) is 1.63. The number of fused-ring (bicyclic) bond motifs is 1. The molecular weight excluding hydrogens is 292 g/mol. The van der Waals surface area contributed by atoms with Crippen LogP contribution in [0, 0.1) is 6.92 Å². The van der Waals surface area contributed by atoms with Crippen LogP contribution >= 0.6 is 0 Å². The Bertz CT molecular complexity index is 808. The lowest BCUT2D eigenvalue weighted by atomic mass is 10.2. The molecule has 0 aliphatic rings. The van der Waals surface area contributed by atoms with Gasteiger partial charge in [0.25, 0.3) is 5.91 Å². The Morgan fingerprint density at radius 1 is 1.22 bits per heavy atom. The Morgan fingerprint density at radius 2 is 2.00 bits per heavy atom. The molecule has 0 radical (unpaired) electrons. The van der Waals surface area contributed by atoms with Crippen LogP contribution in [0.15, 0.2) is 52.9 Å². The van der Waals surface area contributed by atoms with E-state index in [1.54, 1.807) is 14.0 Å². The summed E-state index contributed by atoms with van der Waals surface area (Å²) in [6, 6.07) is 15.2. The molecule has 5 heteroatoms. The maximum Gasteiger partial charge on any atom is 0.305 e. The molecule has 0 spiro atoms. The van der Waals surface area contributed by atoms with E-state index in [4.69, 9.17) is 9.15 Å². The Kier molecular flexibility index (Phi) is 4.02. The first-order valence-corrected chi connectivity index (χ1v) is 7.41. The van der Waals surface area contributed by atoms with Crippen LogP contribution in [-0.4, -0.2) is 24.0 Å². The Morgan fingerprint density at radius 3 is 2.74 bits per heavy atom. The van der Waals surface area contributed by atoms with Crippen molar-refractivity contribution in [3.05, 3.63) is 54.1 Å². The summed E-state index contributed by atoms with van der Waals surface area (Å²) in [5.41, 5.74) is 2.44. The first kappa shape index (κ1) is 15.1. The van der Waals surface area contributed by atoms with E-state index < -0.39 is 6.10 Å². The number of hydrogen-bond acceptors (Lipinski definition) is 4. The van der Waals surface area contributed by atoms with Crippen molar-refractivity contribution < 1.29 is 13.9 Å². The Balaban J connectivity index is 1.75. The van der Waals surface area contributed by atoms with Crippen LogP contribution in [0.3, 0.4) is 0 Å². The molecule has 1 amide bonds. The fourth-order valence-electron chi connectivity index (χ4n) is 2.31. The van der Waals surface area contributed by atoms with E-state index in [2.05, 4.69) is 4.98 Å². The molecule has 0 aliphatic heterocycles. The number of para-hydroxylation sites is 2. The summed E-state index contributed by atoms with van der Waals surface area (Å²) < 4.78 is 11.3. The van der Waals surface area contributed by atoms with Crippen molar-refractivity contribution in [3.63, 3.8) is 0 Å². The standard InChI is InChI=1S/C18H18N2O3/c1-12-7-6-8-14(11-12)22-13(2)17(21)20(3)18-19-15-9-4-5-10-16(15)23-18/h4-11,13H,1-3H3. The number of carbonyl (C=O) groups is 1. The molecule has 0 saturated heterocycles. The topological polar surface area (TPSA) is 55.6 Å². The highest BCUT2D eigenvalue weighted by Crippen LogP contribution is 2.22. The molecule has 118 valence electrons. The van der Waals surface area contributed by atoms with E-state index in [1.807, 2.05) is 55.5 Å².